The van der Waals surface area contributed by atoms with Gasteiger partial charge in [0, 0.05) is 24.0 Å². The van der Waals surface area contributed by atoms with Gasteiger partial charge in [-0.05, 0) is 20.3 Å². The molecular formula is C12H20N4O2S. The standard InChI is InChI=1S/C12H20N4O2S/c1-4-12(3,10(13)16-18)11(17)14-6-5-9-15-8(2)7-19-9/h7,18H,4-6H2,1-3H3,(H2,13,16)(H,14,17). The maximum absolute atomic E-state index is 12.1. The van der Waals surface area contributed by atoms with Crippen molar-refractivity contribution in [2.24, 2.45) is 16.3 Å². The molecule has 0 bridgehead atoms. The summed E-state index contributed by atoms with van der Waals surface area (Å²) in [6, 6.07) is 0. The first-order chi connectivity index (χ1) is 8.93. The molecule has 0 saturated carbocycles. The zero-order valence-corrected chi connectivity index (χ0v) is 12.3. The number of nitrogens with zero attached hydrogens (tertiary/aromatic N) is 2. The first-order valence-electron chi connectivity index (χ1n) is 6.11. The largest absolute Gasteiger partial charge is 0.409 e. The van der Waals surface area contributed by atoms with Gasteiger partial charge in [0.1, 0.15) is 5.41 Å². The number of rotatable bonds is 6. The number of carbonyl (C=O) groups excluding carboxylic acids is 1. The van der Waals surface area contributed by atoms with Crippen molar-refractivity contribution in [1.29, 1.82) is 0 Å². The van der Waals surface area contributed by atoms with Gasteiger partial charge in [0.2, 0.25) is 5.91 Å². The number of nitrogens with one attached hydrogen (secondary N) is 1. The van der Waals surface area contributed by atoms with E-state index < -0.39 is 5.41 Å². The third-order valence-electron chi connectivity index (χ3n) is 3.17. The van der Waals surface area contributed by atoms with E-state index in [1.807, 2.05) is 19.2 Å². The highest BCUT2D eigenvalue weighted by Gasteiger charge is 2.36. The summed E-state index contributed by atoms with van der Waals surface area (Å²) in [7, 11) is 0. The molecule has 106 valence electrons. The van der Waals surface area contributed by atoms with E-state index in [1.165, 1.54) is 0 Å². The number of oxime groups is 1. The topological polar surface area (TPSA) is 101 Å². The van der Waals surface area contributed by atoms with Crippen LogP contribution in [0.15, 0.2) is 10.5 Å². The predicted molar refractivity (Wildman–Crippen MR) is 75.4 cm³/mol. The van der Waals surface area contributed by atoms with Gasteiger partial charge >= 0.3 is 0 Å². The Bertz CT molecular complexity index is 472. The summed E-state index contributed by atoms with van der Waals surface area (Å²) in [6.07, 6.45) is 1.14. The van der Waals surface area contributed by atoms with Crippen molar-refractivity contribution in [3.63, 3.8) is 0 Å². The van der Waals surface area contributed by atoms with Crippen LogP contribution in [0, 0.1) is 12.3 Å². The molecule has 0 aliphatic heterocycles. The number of amidine groups is 1. The highest BCUT2D eigenvalue weighted by atomic mass is 32.1. The van der Waals surface area contributed by atoms with Gasteiger partial charge in [-0.15, -0.1) is 11.3 Å². The number of thiazole rings is 1. The summed E-state index contributed by atoms with van der Waals surface area (Å²) in [5, 5.41) is 17.4. The Morgan fingerprint density at radius 1 is 1.68 bits per heavy atom. The number of hydrogen-bond acceptors (Lipinski definition) is 5. The monoisotopic (exact) mass is 284 g/mol. The van der Waals surface area contributed by atoms with Crippen LogP contribution in [-0.4, -0.2) is 28.5 Å². The van der Waals surface area contributed by atoms with Crippen LogP contribution in [0.1, 0.15) is 31.0 Å². The van der Waals surface area contributed by atoms with Gasteiger partial charge in [0.25, 0.3) is 0 Å². The lowest BCUT2D eigenvalue weighted by atomic mass is 9.85. The smallest absolute Gasteiger partial charge is 0.233 e. The molecule has 1 aromatic heterocycles. The van der Waals surface area contributed by atoms with Crippen molar-refractivity contribution in [1.82, 2.24) is 10.3 Å². The van der Waals surface area contributed by atoms with Gasteiger partial charge in [0.15, 0.2) is 5.84 Å². The lowest BCUT2D eigenvalue weighted by molar-refractivity contribution is -0.127. The van der Waals surface area contributed by atoms with Crippen LogP contribution in [0.25, 0.3) is 0 Å². The highest BCUT2D eigenvalue weighted by Crippen LogP contribution is 2.21. The average molecular weight is 284 g/mol. The minimum absolute atomic E-state index is 0.0717. The van der Waals surface area contributed by atoms with E-state index >= 15 is 0 Å². The number of carbonyl (C=O) groups is 1. The molecule has 0 aliphatic rings. The van der Waals surface area contributed by atoms with E-state index in [9.17, 15) is 4.79 Å². The first kappa shape index (κ1) is 15.4. The highest BCUT2D eigenvalue weighted by molar-refractivity contribution is 7.09. The molecule has 1 amide bonds. The van der Waals surface area contributed by atoms with Gasteiger partial charge in [0.05, 0.1) is 5.01 Å². The Labute approximate surface area is 116 Å². The Kier molecular flexibility index (Phi) is 5.29. The van der Waals surface area contributed by atoms with Gasteiger partial charge in [-0.3, -0.25) is 4.79 Å². The van der Waals surface area contributed by atoms with Gasteiger partial charge < -0.3 is 16.3 Å². The van der Waals surface area contributed by atoms with Crippen molar-refractivity contribution in [3.8, 4) is 0 Å². The summed E-state index contributed by atoms with van der Waals surface area (Å²) in [5.74, 6) is -0.309. The number of amides is 1. The minimum Gasteiger partial charge on any atom is -0.409 e. The Morgan fingerprint density at radius 2 is 2.37 bits per heavy atom. The zero-order chi connectivity index (χ0) is 14.5. The molecule has 6 nitrogen and oxygen atoms in total. The third-order valence-corrected chi connectivity index (χ3v) is 4.20. The third kappa shape index (κ3) is 3.66. The van der Waals surface area contributed by atoms with Gasteiger partial charge in [-0.1, -0.05) is 12.1 Å². The normalized spacial score (nSPS) is 15.0. The van der Waals surface area contributed by atoms with Crippen molar-refractivity contribution in [2.45, 2.75) is 33.6 Å². The maximum Gasteiger partial charge on any atom is 0.233 e. The summed E-state index contributed by atoms with van der Waals surface area (Å²) in [5.41, 5.74) is 5.59. The van der Waals surface area contributed by atoms with E-state index in [0.29, 0.717) is 19.4 Å². The van der Waals surface area contributed by atoms with Crippen molar-refractivity contribution < 1.29 is 10.0 Å². The van der Waals surface area contributed by atoms with Gasteiger partial charge in [-0.2, -0.15) is 0 Å². The molecule has 1 aromatic rings. The molecule has 1 rings (SSSR count). The molecule has 1 atom stereocenters. The molecule has 4 N–H and O–H groups in total. The van der Waals surface area contributed by atoms with Crippen LogP contribution in [0.3, 0.4) is 0 Å². The predicted octanol–water partition coefficient (Wildman–Crippen LogP) is 1.27. The number of aryl methyl sites for hydroxylation is 1. The van der Waals surface area contributed by atoms with Crippen LogP contribution in [-0.2, 0) is 11.2 Å². The van der Waals surface area contributed by atoms with E-state index in [1.54, 1.807) is 18.3 Å². The van der Waals surface area contributed by atoms with Crippen LogP contribution in [0.5, 0.6) is 0 Å². The fourth-order valence-electron chi connectivity index (χ4n) is 1.56. The lowest BCUT2D eigenvalue weighted by Gasteiger charge is -2.25. The second-order valence-corrected chi connectivity index (χ2v) is 5.50. The molecule has 0 aromatic carbocycles. The summed E-state index contributed by atoms with van der Waals surface area (Å²) < 4.78 is 0. The average Bonchev–Trinajstić information content (AvgIpc) is 2.82. The number of hydrogen-bond donors (Lipinski definition) is 3. The van der Waals surface area contributed by atoms with Crippen LogP contribution >= 0.6 is 11.3 Å². The molecular weight excluding hydrogens is 264 g/mol. The summed E-state index contributed by atoms with van der Waals surface area (Å²) in [6.45, 7) is 5.90. The summed E-state index contributed by atoms with van der Waals surface area (Å²) in [4.78, 5) is 16.4. The number of nitrogens with two attached hydrogens (primary N) is 1. The van der Waals surface area contributed by atoms with Crippen LogP contribution < -0.4 is 11.1 Å². The Morgan fingerprint density at radius 3 is 2.84 bits per heavy atom. The van der Waals surface area contributed by atoms with Crippen LogP contribution in [0.2, 0.25) is 0 Å². The van der Waals surface area contributed by atoms with Crippen LogP contribution in [0.4, 0.5) is 0 Å². The Balaban J connectivity index is 2.54. The quantitative estimate of drug-likeness (QED) is 0.317. The lowest BCUT2D eigenvalue weighted by Crippen LogP contribution is -2.48. The van der Waals surface area contributed by atoms with E-state index in [4.69, 9.17) is 10.9 Å². The molecule has 0 aliphatic carbocycles. The van der Waals surface area contributed by atoms with Crippen molar-refractivity contribution in [3.05, 3.63) is 16.1 Å². The first-order valence-corrected chi connectivity index (χ1v) is 6.99. The number of aromatic nitrogens is 1. The molecule has 19 heavy (non-hydrogen) atoms. The molecule has 0 radical (unpaired) electrons. The molecule has 0 fully saturated rings. The molecule has 7 heteroatoms. The van der Waals surface area contributed by atoms with E-state index in [2.05, 4.69) is 15.5 Å². The van der Waals surface area contributed by atoms with Crippen molar-refractivity contribution in [2.75, 3.05) is 6.54 Å². The van der Waals surface area contributed by atoms with Gasteiger partial charge in [-0.25, -0.2) is 4.98 Å². The van der Waals surface area contributed by atoms with E-state index in [-0.39, 0.29) is 11.7 Å². The Hall–Kier alpha value is -1.63. The summed E-state index contributed by atoms with van der Waals surface area (Å²) >= 11 is 1.57. The molecule has 1 unspecified atom stereocenters. The second kappa shape index (κ2) is 6.51. The fraction of sp³-hybridized carbons (Fsp3) is 0.583. The van der Waals surface area contributed by atoms with E-state index in [0.717, 1.165) is 10.7 Å². The molecule has 0 spiro atoms. The SMILES string of the molecule is CCC(C)(C(=O)NCCc1nc(C)cs1)C(N)=NO. The minimum atomic E-state index is -0.979. The maximum atomic E-state index is 12.1. The molecule has 1 heterocycles. The zero-order valence-electron chi connectivity index (χ0n) is 11.4. The van der Waals surface area contributed by atoms with Crippen molar-refractivity contribution >= 4 is 23.1 Å². The second-order valence-electron chi connectivity index (χ2n) is 4.56. The molecule has 0 saturated heterocycles. The fourth-order valence-corrected chi connectivity index (χ4v) is 2.34.